The fraction of sp³-hybridized carbons (Fsp3) is 0.200. The van der Waals surface area contributed by atoms with Crippen molar-refractivity contribution < 1.29 is 9.84 Å². The lowest BCUT2D eigenvalue weighted by Crippen LogP contribution is -2.17. The zero-order chi connectivity index (χ0) is 13.5. The molecule has 3 nitrogen and oxygen atoms in total. The zero-order valence-electron chi connectivity index (χ0n) is 10.5. The van der Waals surface area contributed by atoms with Gasteiger partial charge in [-0.05, 0) is 29.8 Å². The number of halogens is 1. The van der Waals surface area contributed by atoms with Crippen molar-refractivity contribution in [1.82, 2.24) is 5.32 Å². The Morgan fingerprint density at radius 3 is 2.53 bits per heavy atom. The van der Waals surface area contributed by atoms with Crippen LogP contribution in [-0.4, -0.2) is 18.3 Å². The van der Waals surface area contributed by atoms with Gasteiger partial charge in [-0.3, -0.25) is 0 Å². The van der Waals surface area contributed by atoms with Gasteiger partial charge in [0.15, 0.2) is 0 Å². The van der Waals surface area contributed by atoms with Crippen LogP contribution in [0.3, 0.4) is 0 Å². The van der Waals surface area contributed by atoms with Gasteiger partial charge in [-0.15, -0.1) is 0 Å². The maximum atomic E-state index is 8.71. The molecule has 19 heavy (non-hydrogen) atoms. The van der Waals surface area contributed by atoms with Gasteiger partial charge in [-0.25, -0.2) is 0 Å². The van der Waals surface area contributed by atoms with E-state index in [0.717, 1.165) is 11.3 Å². The molecule has 0 heterocycles. The molecule has 2 aromatic carbocycles. The minimum absolute atomic E-state index is 0.118. The first-order chi connectivity index (χ1) is 9.29. The SMILES string of the molecule is OCCNCc1ccc(Oc2ccccc2)cc1Cl. The lowest BCUT2D eigenvalue weighted by Gasteiger charge is -2.09. The summed E-state index contributed by atoms with van der Waals surface area (Å²) in [6.07, 6.45) is 0. The average molecular weight is 278 g/mol. The molecular formula is C15H16ClNO2. The first-order valence-electron chi connectivity index (χ1n) is 6.12. The molecule has 0 atom stereocenters. The predicted octanol–water partition coefficient (Wildman–Crippen LogP) is 3.21. The summed E-state index contributed by atoms with van der Waals surface area (Å²) in [7, 11) is 0. The summed E-state index contributed by atoms with van der Waals surface area (Å²) in [6, 6.07) is 15.2. The van der Waals surface area contributed by atoms with Crippen molar-refractivity contribution >= 4 is 11.6 Å². The highest BCUT2D eigenvalue weighted by Crippen LogP contribution is 2.26. The van der Waals surface area contributed by atoms with E-state index in [1.54, 1.807) is 6.07 Å². The van der Waals surface area contributed by atoms with Gasteiger partial charge < -0.3 is 15.2 Å². The van der Waals surface area contributed by atoms with Gasteiger partial charge in [0.1, 0.15) is 11.5 Å². The van der Waals surface area contributed by atoms with E-state index in [0.29, 0.717) is 23.9 Å². The lowest BCUT2D eigenvalue weighted by atomic mass is 10.2. The van der Waals surface area contributed by atoms with Crippen LogP contribution in [0.15, 0.2) is 48.5 Å². The van der Waals surface area contributed by atoms with E-state index in [1.165, 1.54) is 0 Å². The minimum atomic E-state index is 0.118. The molecule has 0 aliphatic rings. The molecule has 0 aromatic heterocycles. The predicted molar refractivity (Wildman–Crippen MR) is 76.8 cm³/mol. The smallest absolute Gasteiger partial charge is 0.128 e. The fourth-order valence-corrected chi connectivity index (χ4v) is 1.90. The van der Waals surface area contributed by atoms with Crippen molar-refractivity contribution in [1.29, 1.82) is 0 Å². The van der Waals surface area contributed by atoms with Crippen LogP contribution < -0.4 is 10.1 Å². The lowest BCUT2D eigenvalue weighted by molar-refractivity contribution is 0.292. The van der Waals surface area contributed by atoms with Crippen molar-refractivity contribution in [2.45, 2.75) is 6.54 Å². The Balaban J connectivity index is 2.02. The quantitative estimate of drug-likeness (QED) is 0.797. The largest absolute Gasteiger partial charge is 0.457 e. The standard InChI is InChI=1S/C15H16ClNO2/c16-15-10-14(19-13-4-2-1-3-5-13)7-6-12(15)11-17-8-9-18/h1-7,10,17-18H,8-9,11H2. The van der Waals surface area contributed by atoms with Crippen molar-refractivity contribution in [3.8, 4) is 11.5 Å². The van der Waals surface area contributed by atoms with Crippen LogP contribution in [0.5, 0.6) is 11.5 Å². The molecule has 2 aromatic rings. The van der Waals surface area contributed by atoms with Gasteiger partial charge in [0.2, 0.25) is 0 Å². The van der Waals surface area contributed by atoms with Crippen LogP contribution in [0.25, 0.3) is 0 Å². The second-order valence-electron chi connectivity index (χ2n) is 4.07. The Labute approximate surface area is 117 Å². The molecule has 0 amide bonds. The molecule has 0 spiro atoms. The van der Waals surface area contributed by atoms with E-state index in [-0.39, 0.29) is 6.61 Å². The van der Waals surface area contributed by atoms with Crippen LogP contribution in [0.2, 0.25) is 5.02 Å². The number of benzene rings is 2. The van der Waals surface area contributed by atoms with Crippen LogP contribution in [0, 0.1) is 0 Å². The van der Waals surface area contributed by atoms with Crippen molar-refractivity contribution in [2.75, 3.05) is 13.2 Å². The van der Waals surface area contributed by atoms with E-state index in [2.05, 4.69) is 5.32 Å². The van der Waals surface area contributed by atoms with Gasteiger partial charge in [0, 0.05) is 18.1 Å². The van der Waals surface area contributed by atoms with Crippen molar-refractivity contribution in [3.05, 3.63) is 59.1 Å². The number of aliphatic hydroxyl groups is 1. The van der Waals surface area contributed by atoms with E-state index in [9.17, 15) is 0 Å². The average Bonchev–Trinajstić information content (AvgIpc) is 2.43. The summed E-state index contributed by atoms with van der Waals surface area (Å²) in [5.74, 6) is 1.49. The number of hydrogen-bond acceptors (Lipinski definition) is 3. The molecule has 0 fully saturated rings. The van der Waals surface area contributed by atoms with E-state index in [4.69, 9.17) is 21.4 Å². The van der Waals surface area contributed by atoms with Gasteiger partial charge in [-0.2, -0.15) is 0 Å². The third-order valence-corrected chi connectivity index (χ3v) is 2.96. The Hall–Kier alpha value is -1.55. The highest BCUT2D eigenvalue weighted by atomic mass is 35.5. The molecule has 100 valence electrons. The van der Waals surface area contributed by atoms with Gasteiger partial charge >= 0.3 is 0 Å². The molecule has 4 heteroatoms. The molecule has 0 aliphatic heterocycles. The molecule has 0 saturated heterocycles. The normalized spacial score (nSPS) is 10.4. The monoisotopic (exact) mass is 277 g/mol. The summed E-state index contributed by atoms with van der Waals surface area (Å²) in [6.45, 7) is 1.30. The number of aliphatic hydroxyl groups excluding tert-OH is 1. The van der Waals surface area contributed by atoms with Gasteiger partial charge in [0.25, 0.3) is 0 Å². The molecule has 0 aliphatic carbocycles. The highest BCUT2D eigenvalue weighted by molar-refractivity contribution is 6.31. The molecule has 0 bridgehead atoms. The first kappa shape index (κ1) is 13.9. The maximum absolute atomic E-state index is 8.71. The molecule has 2 rings (SSSR count). The summed E-state index contributed by atoms with van der Waals surface area (Å²) in [5.41, 5.74) is 0.982. The molecule has 0 saturated carbocycles. The van der Waals surface area contributed by atoms with Gasteiger partial charge in [0.05, 0.1) is 6.61 Å². The second kappa shape index (κ2) is 7.14. The Morgan fingerprint density at radius 1 is 1.05 bits per heavy atom. The number of hydrogen-bond donors (Lipinski definition) is 2. The Bertz CT molecular complexity index is 517. The number of ether oxygens (including phenoxy) is 1. The molecule has 0 unspecified atom stereocenters. The molecular weight excluding hydrogens is 262 g/mol. The first-order valence-corrected chi connectivity index (χ1v) is 6.50. The second-order valence-corrected chi connectivity index (χ2v) is 4.48. The summed E-state index contributed by atoms with van der Waals surface area (Å²) in [5, 5.41) is 12.4. The van der Waals surface area contributed by atoms with Crippen LogP contribution in [0.4, 0.5) is 0 Å². The van der Waals surface area contributed by atoms with Crippen molar-refractivity contribution in [2.24, 2.45) is 0 Å². The van der Waals surface area contributed by atoms with Crippen LogP contribution in [0.1, 0.15) is 5.56 Å². The molecule has 0 radical (unpaired) electrons. The fourth-order valence-electron chi connectivity index (χ4n) is 1.66. The third kappa shape index (κ3) is 4.24. The molecule has 2 N–H and O–H groups in total. The summed E-state index contributed by atoms with van der Waals surface area (Å²) < 4.78 is 5.69. The maximum Gasteiger partial charge on any atom is 0.128 e. The van der Waals surface area contributed by atoms with Crippen LogP contribution in [-0.2, 0) is 6.54 Å². The highest BCUT2D eigenvalue weighted by Gasteiger charge is 2.03. The zero-order valence-corrected chi connectivity index (χ0v) is 11.2. The van der Waals surface area contributed by atoms with E-state index in [1.807, 2.05) is 42.5 Å². The van der Waals surface area contributed by atoms with E-state index >= 15 is 0 Å². The van der Waals surface area contributed by atoms with Gasteiger partial charge in [-0.1, -0.05) is 35.9 Å². The Kier molecular flexibility index (Phi) is 5.21. The van der Waals surface area contributed by atoms with E-state index < -0.39 is 0 Å². The topological polar surface area (TPSA) is 41.5 Å². The summed E-state index contributed by atoms with van der Waals surface area (Å²) >= 11 is 6.19. The number of rotatable bonds is 6. The Morgan fingerprint density at radius 2 is 1.84 bits per heavy atom. The van der Waals surface area contributed by atoms with Crippen LogP contribution >= 0.6 is 11.6 Å². The number of para-hydroxylation sites is 1. The summed E-state index contributed by atoms with van der Waals surface area (Å²) in [4.78, 5) is 0. The third-order valence-electron chi connectivity index (χ3n) is 2.61. The van der Waals surface area contributed by atoms with Crippen molar-refractivity contribution in [3.63, 3.8) is 0 Å². The number of nitrogens with one attached hydrogen (secondary N) is 1. The minimum Gasteiger partial charge on any atom is -0.457 e.